The fourth-order valence-electron chi connectivity index (χ4n) is 2.83. The second-order valence-electron chi connectivity index (χ2n) is 6.31. The molecule has 8 heteroatoms. The molecule has 146 valence electrons. The third-order valence-electron chi connectivity index (χ3n) is 4.20. The van der Waals surface area contributed by atoms with Gasteiger partial charge in [0.2, 0.25) is 0 Å². The zero-order valence-corrected chi connectivity index (χ0v) is 15.8. The molecule has 0 spiro atoms. The molecule has 0 amide bonds. The lowest BCUT2D eigenvalue weighted by Gasteiger charge is -2.14. The lowest BCUT2D eigenvalue weighted by atomic mass is 10.0. The molecule has 1 atom stereocenters. The van der Waals surface area contributed by atoms with Gasteiger partial charge in [-0.3, -0.25) is 9.35 Å². The van der Waals surface area contributed by atoms with Crippen LogP contribution in [0.2, 0.25) is 0 Å². The first-order valence-electron chi connectivity index (χ1n) is 8.46. The van der Waals surface area contributed by atoms with Crippen molar-refractivity contribution in [3.63, 3.8) is 0 Å². The first kappa shape index (κ1) is 19.8. The topological polar surface area (TPSA) is 107 Å². The maximum atomic E-state index is 12.7. The van der Waals surface area contributed by atoms with Gasteiger partial charge in [0.1, 0.15) is 29.6 Å². The maximum absolute atomic E-state index is 12.7. The molecule has 0 aliphatic heterocycles. The molecule has 3 rings (SSSR count). The second-order valence-corrected chi connectivity index (χ2v) is 7.88. The predicted molar refractivity (Wildman–Crippen MR) is 102 cm³/mol. The summed E-state index contributed by atoms with van der Waals surface area (Å²) < 4.78 is 40.5. The van der Waals surface area contributed by atoms with Crippen LogP contribution in [0.3, 0.4) is 0 Å². The minimum Gasteiger partial charge on any atom is -0.461 e. The molecular weight excluding hydrogens is 384 g/mol. The molecule has 1 unspecified atom stereocenters. The van der Waals surface area contributed by atoms with Crippen molar-refractivity contribution >= 4 is 28.1 Å². The van der Waals surface area contributed by atoms with Crippen LogP contribution in [0, 0.1) is 6.92 Å². The molecule has 1 aliphatic carbocycles. The Bertz CT molecular complexity index is 1050. The number of rotatable bonds is 6. The fourth-order valence-corrected chi connectivity index (χ4v) is 3.12. The third kappa shape index (κ3) is 4.65. The second kappa shape index (κ2) is 7.95. The van der Waals surface area contributed by atoms with Gasteiger partial charge < -0.3 is 9.47 Å². The van der Waals surface area contributed by atoms with Crippen molar-refractivity contribution in [2.75, 3.05) is 12.4 Å². The molecule has 2 aromatic rings. The fraction of sp³-hybridized carbons (Fsp3) is 0.200. The lowest BCUT2D eigenvalue weighted by molar-refractivity contribution is -0.134. The van der Waals surface area contributed by atoms with Gasteiger partial charge in [-0.05, 0) is 35.7 Å². The Balaban J connectivity index is 1.77. The summed E-state index contributed by atoms with van der Waals surface area (Å²) in [7, 11) is -4.25. The highest BCUT2D eigenvalue weighted by Gasteiger charge is 2.27. The standard InChI is InChI=1S/C20H18O7S/c1-13-6-8-17(19(21)26-10-11-28(23,24)25)18(12-13)27-20(22)16-9-7-14-4-2-3-5-15(14)16/h2-9,12,16H,10-11H2,1H3,(H,23,24,25). The summed E-state index contributed by atoms with van der Waals surface area (Å²) in [4.78, 5) is 24.9. The minimum atomic E-state index is -4.25. The summed E-state index contributed by atoms with van der Waals surface area (Å²) in [6, 6.07) is 12.0. The first-order valence-corrected chi connectivity index (χ1v) is 10.1. The Kier molecular flexibility index (Phi) is 5.62. The van der Waals surface area contributed by atoms with Crippen molar-refractivity contribution in [3.8, 4) is 5.75 Å². The number of fused-ring (bicyclic) bond motifs is 1. The van der Waals surface area contributed by atoms with Crippen LogP contribution >= 0.6 is 0 Å². The van der Waals surface area contributed by atoms with Crippen LogP contribution in [-0.4, -0.2) is 37.3 Å². The zero-order valence-electron chi connectivity index (χ0n) is 15.0. The van der Waals surface area contributed by atoms with Crippen molar-refractivity contribution in [2.24, 2.45) is 0 Å². The summed E-state index contributed by atoms with van der Waals surface area (Å²) in [5.74, 6) is -2.67. The van der Waals surface area contributed by atoms with Crippen molar-refractivity contribution in [1.29, 1.82) is 0 Å². The molecule has 1 aliphatic rings. The normalized spacial score (nSPS) is 15.1. The highest BCUT2D eigenvalue weighted by Crippen LogP contribution is 2.32. The van der Waals surface area contributed by atoms with E-state index in [-0.39, 0.29) is 11.3 Å². The predicted octanol–water partition coefficient (Wildman–Crippen LogP) is 2.76. The van der Waals surface area contributed by atoms with Gasteiger partial charge in [0.25, 0.3) is 10.1 Å². The molecule has 0 saturated carbocycles. The van der Waals surface area contributed by atoms with E-state index in [2.05, 4.69) is 0 Å². The van der Waals surface area contributed by atoms with Crippen LogP contribution in [0.1, 0.15) is 33.0 Å². The van der Waals surface area contributed by atoms with Gasteiger partial charge in [0, 0.05) is 0 Å². The summed E-state index contributed by atoms with van der Waals surface area (Å²) in [6.07, 6.45) is 3.56. The zero-order chi connectivity index (χ0) is 20.3. The quantitative estimate of drug-likeness (QED) is 0.450. The summed E-state index contributed by atoms with van der Waals surface area (Å²) >= 11 is 0. The molecule has 0 fully saturated rings. The number of hydrogen-bond acceptors (Lipinski definition) is 6. The van der Waals surface area contributed by atoms with E-state index < -0.39 is 40.3 Å². The van der Waals surface area contributed by atoms with Crippen molar-refractivity contribution < 1.29 is 32.0 Å². The van der Waals surface area contributed by atoms with Crippen LogP contribution in [-0.2, 0) is 19.6 Å². The van der Waals surface area contributed by atoms with E-state index in [0.29, 0.717) is 0 Å². The van der Waals surface area contributed by atoms with E-state index in [4.69, 9.17) is 14.0 Å². The SMILES string of the molecule is Cc1ccc(C(=O)OCCS(=O)(=O)O)c(OC(=O)C2C=Cc3ccccc32)c1. The van der Waals surface area contributed by atoms with E-state index in [1.54, 1.807) is 19.1 Å². The van der Waals surface area contributed by atoms with Crippen LogP contribution < -0.4 is 4.74 Å². The molecular formula is C20H18O7S. The van der Waals surface area contributed by atoms with Gasteiger partial charge in [-0.1, -0.05) is 42.5 Å². The van der Waals surface area contributed by atoms with E-state index in [1.807, 2.05) is 30.3 Å². The monoisotopic (exact) mass is 402 g/mol. The Hall–Kier alpha value is -2.97. The largest absolute Gasteiger partial charge is 0.461 e. The van der Waals surface area contributed by atoms with Crippen LogP contribution in [0.4, 0.5) is 0 Å². The van der Waals surface area contributed by atoms with Crippen molar-refractivity contribution in [2.45, 2.75) is 12.8 Å². The summed E-state index contributed by atoms with van der Waals surface area (Å²) in [5, 5.41) is 0. The number of benzene rings is 2. The van der Waals surface area contributed by atoms with Gasteiger partial charge in [-0.25, -0.2) is 4.79 Å². The Morgan fingerprint density at radius 1 is 1.14 bits per heavy atom. The van der Waals surface area contributed by atoms with Crippen LogP contribution in [0.5, 0.6) is 5.75 Å². The van der Waals surface area contributed by atoms with E-state index >= 15 is 0 Å². The van der Waals surface area contributed by atoms with E-state index in [0.717, 1.165) is 16.7 Å². The summed E-state index contributed by atoms with van der Waals surface area (Å²) in [5.41, 5.74) is 2.50. The highest BCUT2D eigenvalue weighted by molar-refractivity contribution is 7.85. The van der Waals surface area contributed by atoms with Crippen molar-refractivity contribution in [1.82, 2.24) is 0 Å². The average molecular weight is 402 g/mol. The molecule has 0 heterocycles. The number of hydrogen-bond donors (Lipinski definition) is 1. The molecule has 28 heavy (non-hydrogen) atoms. The van der Waals surface area contributed by atoms with Crippen LogP contribution in [0.25, 0.3) is 6.08 Å². The minimum absolute atomic E-state index is 0.00968. The van der Waals surface area contributed by atoms with Gasteiger partial charge >= 0.3 is 11.9 Å². The number of ether oxygens (including phenoxy) is 2. The molecule has 0 aromatic heterocycles. The molecule has 0 saturated heterocycles. The first-order chi connectivity index (χ1) is 13.2. The molecule has 0 radical (unpaired) electrons. The van der Waals surface area contributed by atoms with Crippen molar-refractivity contribution in [3.05, 3.63) is 70.8 Å². The number of carbonyl (C=O) groups excluding carboxylic acids is 2. The van der Waals surface area contributed by atoms with E-state index in [9.17, 15) is 18.0 Å². The molecule has 0 bridgehead atoms. The number of carbonyl (C=O) groups is 2. The average Bonchev–Trinajstić information content (AvgIpc) is 3.05. The molecule has 7 nitrogen and oxygen atoms in total. The number of esters is 2. The Labute approximate surface area is 162 Å². The molecule has 2 aromatic carbocycles. The van der Waals surface area contributed by atoms with Crippen LogP contribution in [0.15, 0.2) is 48.5 Å². The smallest absolute Gasteiger partial charge is 0.341 e. The maximum Gasteiger partial charge on any atom is 0.341 e. The van der Waals surface area contributed by atoms with Gasteiger partial charge in [0.05, 0.1) is 0 Å². The summed E-state index contributed by atoms with van der Waals surface area (Å²) in [6.45, 7) is 1.26. The van der Waals surface area contributed by atoms with Gasteiger partial charge in [0.15, 0.2) is 0 Å². The molecule has 1 N–H and O–H groups in total. The Morgan fingerprint density at radius 3 is 2.64 bits per heavy atom. The highest BCUT2D eigenvalue weighted by atomic mass is 32.2. The van der Waals surface area contributed by atoms with Gasteiger partial charge in [-0.2, -0.15) is 8.42 Å². The Morgan fingerprint density at radius 2 is 1.89 bits per heavy atom. The lowest BCUT2D eigenvalue weighted by Crippen LogP contribution is -2.19. The third-order valence-corrected chi connectivity index (χ3v) is 4.88. The number of aryl methyl sites for hydroxylation is 1. The van der Waals surface area contributed by atoms with E-state index in [1.165, 1.54) is 12.1 Å². The van der Waals surface area contributed by atoms with Gasteiger partial charge in [-0.15, -0.1) is 0 Å².